The lowest BCUT2D eigenvalue weighted by atomic mass is 10.0. The van der Waals surface area contributed by atoms with E-state index in [4.69, 9.17) is 5.73 Å². The van der Waals surface area contributed by atoms with Crippen LogP contribution in [0.1, 0.15) is 27.0 Å². The summed E-state index contributed by atoms with van der Waals surface area (Å²) < 4.78 is 0. The summed E-state index contributed by atoms with van der Waals surface area (Å²) in [7, 11) is 0. The number of nitrogens with two attached hydrogens (primary N) is 1. The molecule has 0 aliphatic heterocycles. The van der Waals surface area contributed by atoms with E-state index >= 15 is 0 Å². The van der Waals surface area contributed by atoms with Crippen LogP contribution in [0.4, 0.5) is 11.4 Å². The molecule has 3 heteroatoms. The van der Waals surface area contributed by atoms with Crippen LogP contribution in [0.5, 0.6) is 0 Å². The fourth-order valence-corrected chi connectivity index (χ4v) is 2.19. The molecule has 0 atom stereocenters. The molecule has 2 aromatic carbocycles. The third-order valence-corrected chi connectivity index (χ3v) is 3.25. The second-order valence-electron chi connectivity index (χ2n) is 4.76. The molecule has 1 amide bonds. The summed E-state index contributed by atoms with van der Waals surface area (Å²) in [5.41, 5.74) is 10.8. The quantitative estimate of drug-likeness (QED) is 0.806. The Morgan fingerprint density at radius 2 is 1.47 bits per heavy atom. The van der Waals surface area contributed by atoms with E-state index in [2.05, 4.69) is 5.32 Å². The van der Waals surface area contributed by atoms with Crippen molar-refractivity contribution < 1.29 is 4.79 Å². The van der Waals surface area contributed by atoms with E-state index in [1.165, 1.54) is 0 Å². The Morgan fingerprint density at radius 1 is 0.947 bits per heavy atom. The molecule has 2 rings (SSSR count). The first-order chi connectivity index (χ1) is 9.00. The lowest BCUT2D eigenvalue weighted by molar-refractivity contribution is 0.102. The third-order valence-electron chi connectivity index (χ3n) is 3.25. The van der Waals surface area contributed by atoms with Gasteiger partial charge in [-0.1, -0.05) is 30.3 Å². The Hall–Kier alpha value is -2.29. The van der Waals surface area contributed by atoms with Gasteiger partial charge in [-0.05, 0) is 43.5 Å². The molecular weight excluding hydrogens is 236 g/mol. The highest BCUT2D eigenvalue weighted by atomic mass is 16.1. The average Bonchev–Trinajstić information content (AvgIpc) is 2.34. The van der Waals surface area contributed by atoms with Crippen molar-refractivity contribution in [1.82, 2.24) is 0 Å². The molecule has 0 aromatic heterocycles. The second-order valence-corrected chi connectivity index (χ2v) is 4.76. The summed E-state index contributed by atoms with van der Waals surface area (Å²) in [5.74, 6) is -0.159. The van der Waals surface area contributed by atoms with Crippen LogP contribution in [0.3, 0.4) is 0 Å². The highest BCUT2D eigenvalue weighted by molar-refractivity contribution is 6.09. The van der Waals surface area contributed by atoms with E-state index in [0.29, 0.717) is 11.3 Å². The minimum Gasteiger partial charge on any atom is -0.398 e. The number of carbonyl (C=O) groups is 1. The Balaban J connectivity index is 2.37. The van der Waals surface area contributed by atoms with Crippen molar-refractivity contribution in [3.63, 3.8) is 0 Å². The van der Waals surface area contributed by atoms with Crippen LogP contribution in [0.15, 0.2) is 36.4 Å². The van der Waals surface area contributed by atoms with Crippen LogP contribution in [0, 0.1) is 20.8 Å². The van der Waals surface area contributed by atoms with Crippen LogP contribution < -0.4 is 11.1 Å². The minimum absolute atomic E-state index is 0.159. The molecule has 0 heterocycles. The predicted octanol–water partition coefficient (Wildman–Crippen LogP) is 3.45. The molecule has 0 radical (unpaired) electrons. The maximum atomic E-state index is 12.4. The molecule has 0 aliphatic carbocycles. The molecule has 0 fully saturated rings. The lowest BCUT2D eigenvalue weighted by Crippen LogP contribution is -2.17. The van der Waals surface area contributed by atoms with Gasteiger partial charge in [0.1, 0.15) is 0 Å². The molecule has 0 spiro atoms. The van der Waals surface area contributed by atoms with Gasteiger partial charge in [-0.15, -0.1) is 0 Å². The maximum absolute atomic E-state index is 12.4. The smallest absolute Gasteiger partial charge is 0.258 e. The number of amides is 1. The van der Waals surface area contributed by atoms with Crippen LogP contribution in [-0.2, 0) is 0 Å². The van der Waals surface area contributed by atoms with Crippen molar-refractivity contribution in [2.45, 2.75) is 20.8 Å². The Kier molecular flexibility index (Phi) is 3.56. The number of nitrogen functional groups attached to an aromatic ring is 1. The van der Waals surface area contributed by atoms with Crippen LogP contribution in [-0.4, -0.2) is 5.91 Å². The highest BCUT2D eigenvalue weighted by Gasteiger charge is 2.14. The number of para-hydroxylation sites is 1. The van der Waals surface area contributed by atoms with E-state index in [9.17, 15) is 4.79 Å². The zero-order valence-electron chi connectivity index (χ0n) is 11.4. The molecule has 0 saturated carbocycles. The van der Waals surface area contributed by atoms with Gasteiger partial charge in [-0.3, -0.25) is 4.79 Å². The summed E-state index contributed by atoms with van der Waals surface area (Å²) in [6.07, 6.45) is 0. The van der Waals surface area contributed by atoms with E-state index in [-0.39, 0.29) is 5.91 Å². The predicted molar refractivity (Wildman–Crippen MR) is 79.5 cm³/mol. The molecule has 3 nitrogen and oxygen atoms in total. The molecule has 0 bridgehead atoms. The third kappa shape index (κ3) is 2.60. The fourth-order valence-electron chi connectivity index (χ4n) is 2.19. The number of anilines is 2. The SMILES string of the molecule is Cc1cccc(C)c1NC(=O)c1c(C)cccc1N. The largest absolute Gasteiger partial charge is 0.398 e. The summed E-state index contributed by atoms with van der Waals surface area (Å²) in [6, 6.07) is 11.4. The van der Waals surface area contributed by atoms with Gasteiger partial charge in [0.05, 0.1) is 5.56 Å². The summed E-state index contributed by atoms with van der Waals surface area (Å²) in [4.78, 5) is 12.4. The molecule has 2 aromatic rings. The van der Waals surface area contributed by atoms with Crippen molar-refractivity contribution in [2.75, 3.05) is 11.1 Å². The second kappa shape index (κ2) is 5.14. The molecule has 0 aliphatic rings. The molecule has 19 heavy (non-hydrogen) atoms. The summed E-state index contributed by atoms with van der Waals surface area (Å²) in [5, 5.41) is 2.96. The van der Waals surface area contributed by atoms with Crippen LogP contribution >= 0.6 is 0 Å². The van der Waals surface area contributed by atoms with Gasteiger partial charge in [0.2, 0.25) is 0 Å². The van der Waals surface area contributed by atoms with E-state index in [1.807, 2.05) is 51.1 Å². The first kappa shape index (κ1) is 13.1. The van der Waals surface area contributed by atoms with Crippen LogP contribution in [0.2, 0.25) is 0 Å². The molecular formula is C16H18N2O. The number of carbonyl (C=O) groups excluding carboxylic acids is 1. The lowest BCUT2D eigenvalue weighted by Gasteiger charge is -2.13. The monoisotopic (exact) mass is 254 g/mol. The maximum Gasteiger partial charge on any atom is 0.258 e. The van der Waals surface area contributed by atoms with Crippen molar-refractivity contribution >= 4 is 17.3 Å². The molecule has 0 saturated heterocycles. The number of aryl methyl sites for hydroxylation is 3. The topological polar surface area (TPSA) is 55.1 Å². The number of rotatable bonds is 2. The normalized spacial score (nSPS) is 10.3. The van der Waals surface area contributed by atoms with E-state index in [1.54, 1.807) is 6.07 Å². The first-order valence-electron chi connectivity index (χ1n) is 6.23. The van der Waals surface area contributed by atoms with Gasteiger partial charge in [-0.25, -0.2) is 0 Å². The van der Waals surface area contributed by atoms with Crippen molar-refractivity contribution in [3.8, 4) is 0 Å². The Labute approximate surface area is 113 Å². The van der Waals surface area contributed by atoms with Crippen LogP contribution in [0.25, 0.3) is 0 Å². The van der Waals surface area contributed by atoms with Crippen molar-refractivity contribution in [1.29, 1.82) is 0 Å². The zero-order chi connectivity index (χ0) is 14.0. The minimum atomic E-state index is -0.159. The first-order valence-corrected chi connectivity index (χ1v) is 6.23. The highest BCUT2D eigenvalue weighted by Crippen LogP contribution is 2.23. The van der Waals surface area contributed by atoms with Gasteiger partial charge in [0.15, 0.2) is 0 Å². The average molecular weight is 254 g/mol. The van der Waals surface area contributed by atoms with Gasteiger partial charge in [0, 0.05) is 11.4 Å². The van der Waals surface area contributed by atoms with E-state index < -0.39 is 0 Å². The number of nitrogens with one attached hydrogen (secondary N) is 1. The van der Waals surface area contributed by atoms with Gasteiger partial charge < -0.3 is 11.1 Å². The summed E-state index contributed by atoms with van der Waals surface area (Å²) >= 11 is 0. The molecule has 0 unspecified atom stereocenters. The number of hydrogen-bond acceptors (Lipinski definition) is 2. The van der Waals surface area contributed by atoms with Gasteiger partial charge >= 0.3 is 0 Å². The van der Waals surface area contributed by atoms with Crippen molar-refractivity contribution in [3.05, 3.63) is 58.7 Å². The van der Waals surface area contributed by atoms with Gasteiger partial charge in [0.25, 0.3) is 5.91 Å². The molecule has 98 valence electrons. The summed E-state index contributed by atoms with van der Waals surface area (Å²) in [6.45, 7) is 5.84. The fraction of sp³-hybridized carbons (Fsp3) is 0.188. The Morgan fingerprint density at radius 3 is 2.05 bits per heavy atom. The number of hydrogen-bond donors (Lipinski definition) is 2. The number of benzene rings is 2. The Bertz CT molecular complexity index is 592. The van der Waals surface area contributed by atoms with Crippen molar-refractivity contribution in [2.24, 2.45) is 0 Å². The standard InChI is InChI=1S/C16H18N2O/c1-10-6-5-9-13(17)14(10)16(19)18-15-11(2)7-4-8-12(15)3/h4-9H,17H2,1-3H3,(H,18,19). The van der Waals surface area contributed by atoms with Gasteiger partial charge in [-0.2, -0.15) is 0 Å². The molecule has 3 N–H and O–H groups in total. The van der Waals surface area contributed by atoms with E-state index in [0.717, 1.165) is 22.4 Å². The zero-order valence-corrected chi connectivity index (χ0v) is 11.4.